The van der Waals surface area contributed by atoms with Crippen LogP contribution in [0.25, 0.3) is 0 Å². The average molecular weight is 262 g/mol. The van der Waals surface area contributed by atoms with Gasteiger partial charge >= 0.3 is 0 Å². The van der Waals surface area contributed by atoms with Crippen molar-refractivity contribution < 1.29 is 0 Å². The van der Waals surface area contributed by atoms with Crippen molar-refractivity contribution in [2.45, 2.75) is 24.6 Å². The summed E-state index contributed by atoms with van der Waals surface area (Å²) in [5.74, 6) is 2.14. The highest BCUT2D eigenvalue weighted by Crippen LogP contribution is 2.38. The fraction of sp³-hybridized carbons (Fsp3) is 0.600. The molecule has 0 aromatic heterocycles. The lowest BCUT2D eigenvalue weighted by molar-refractivity contribution is 0.344. The largest absolute Gasteiger partial charge is 0.371 e. The maximum atomic E-state index is 3.79. The average Bonchev–Trinajstić information content (AvgIpc) is 2.44. The van der Waals surface area contributed by atoms with Crippen molar-refractivity contribution in [3.05, 3.63) is 30.3 Å². The Bertz CT molecular complexity index is 375. The number of benzene rings is 1. The van der Waals surface area contributed by atoms with E-state index < -0.39 is 0 Å². The molecule has 1 N–H and O–H groups in total. The fourth-order valence-corrected chi connectivity index (χ4v) is 4.24. The van der Waals surface area contributed by atoms with E-state index in [9.17, 15) is 0 Å². The first kappa shape index (κ1) is 12.4. The predicted molar refractivity (Wildman–Crippen MR) is 80.2 cm³/mol. The molecule has 3 heteroatoms. The molecule has 2 aliphatic heterocycles. The van der Waals surface area contributed by atoms with Crippen LogP contribution in [0, 0.1) is 5.92 Å². The minimum Gasteiger partial charge on any atom is -0.371 e. The number of nitrogens with zero attached hydrogens (tertiary/aromatic N) is 1. The molecule has 2 aliphatic rings. The highest BCUT2D eigenvalue weighted by atomic mass is 32.2. The number of piperidine rings is 1. The van der Waals surface area contributed by atoms with Gasteiger partial charge < -0.3 is 10.2 Å². The van der Waals surface area contributed by atoms with Crippen LogP contribution < -0.4 is 10.2 Å². The predicted octanol–water partition coefficient (Wildman–Crippen LogP) is 2.96. The third kappa shape index (κ3) is 2.52. The summed E-state index contributed by atoms with van der Waals surface area (Å²) in [6.45, 7) is 5.89. The second-order valence-corrected chi connectivity index (χ2v) is 7.02. The number of anilines is 1. The van der Waals surface area contributed by atoms with Crippen LogP contribution in [0.5, 0.6) is 0 Å². The van der Waals surface area contributed by atoms with Gasteiger partial charge in [0.2, 0.25) is 0 Å². The zero-order valence-corrected chi connectivity index (χ0v) is 11.9. The van der Waals surface area contributed by atoms with Gasteiger partial charge in [-0.05, 0) is 43.2 Å². The van der Waals surface area contributed by atoms with E-state index in [1.54, 1.807) is 0 Å². The molecule has 18 heavy (non-hydrogen) atoms. The van der Waals surface area contributed by atoms with Crippen LogP contribution in [-0.2, 0) is 0 Å². The van der Waals surface area contributed by atoms with Crippen LogP contribution >= 0.6 is 11.8 Å². The van der Waals surface area contributed by atoms with Crippen molar-refractivity contribution in [2.24, 2.45) is 5.92 Å². The maximum Gasteiger partial charge on any atom is 0.0679 e. The van der Waals surface area contributed by atoms with E-state index in [1.165, 1.54) is 43.9 Å². The minimum atomic E-state index is 0.373. The van der Waals surface area contributed by atoms with E-state index >= 15 is 0 Å². The summed E-state index contributed by atoms with van der Waals surface area (Å²) in [5, 5.41) is 3.79. The highest BCUT2D eigenvalue weighted by molar-refractivity contribution is 8.00. The summed E-state index contributed by atoms with van der Waals surface area (Å²) < 4.78 is 0. The number of hydrogen-bond acceptors (Lipinski definition) is 3. The van der Waals surface area contributed by atoms with E-state index in [2.05, 4.69) is 59.2 Å². The van der Waals surface area contributed by atoms with E-state index in [4.69, 9.17) is 0 Å². The van der Waals surface area contributed by atoms with Crippen molar-refractivity contribution in [1.82, 2.24) is 5.32 Å². The Morgan fingerprint density at radius 2 is 1.94 bits per heavy atom. The lowest BCUT2D eigenvalue weighted by Gasteiger charge is -2.46. The van der Waals surface area contributed by atoms with Gasteiger partial charge in [-0.25, -0.2) is 0 Å². The minimum absolute atomic E-state index is 0.373. The third-order valence-corrected chi connectivity index (χ3v) is 5.95. The van der Waals surface area contributed by atoms with Crippen molar-refractivity contribution >= 4 is 17.4 Å². The molecule has 1 spiro atoms. The van der Waals surface area contributed by atoms with Gasteiger partial charge in [-0.15, -0.1) is 11.8 Å². The Morgan fingerprint density at radius 1 is 1.22 bits per heavy atom. The molecule has 2 nitrogen and oxygen atoms in total. The van der Waals surface area contributed by atoms with Crippen molar-refractivity contribution in [3.63, 3.8) is 0 Å². The van der Waals surface area contributed by atoms with Crippen LogP contribution in [0.3, 0.4) is 0 Å². The molecule has 0 radical (unpaired) electrons. The van der Waals surface area contributed by atoms with Crippen LogP contribution in [0.2, 0.25) is 0 Å². The molecule has 1 atom stereocenters. The second-order valence-electron chi connectivity index (χ2n) is 5.61. The topological polar surface area (TPSA) is 15.3 Å². The lowest BCUT2D eigenvalue weighted by Crippen LogP contribution is -2.55. The highest BCUT2D eigenvalue weighted by Gasteiger charge is 2.37. The van der Waals surface area contributed by atoms with E-state index in [0.717, 1.165) is 5.92 Å². The van der Waals surface area contributed by atoms with Crippen LogP contribution in [-0.4, -0.2) is 30.3 Å². The number of nitrogens with one attached hydrogen (secondary N) is 1. The molecule has 1 aromatic carbocycles. The Morgan fingerprint density at radius 3 is 2.56 bits per heavy atom. The zero-order chi connectivity index (χ0) is 12.4. The number of hydrogen-bond donors (Lipinski definition) is 1. The van der Waals surface area contributed by atoms with Gasteiger partial charge in [0.15, 0.2) is 0 Å². The first-order valence-corrected chi connectivity index (χ1v) is 7.95. The van der Waals surface area contributed by atoms with Gasteiger partial charge in [-0.1, -0.05) is 25.1 Å². The van der Waals surface area contributed by atoms with Gasteiger partial charge in [0.1, 0.15) is 0 Å². The zero-order valence-electron chi connectivity index (χ0n) is 11.1. The smallest absolute Gasteiger partial charge is 0.0679 e. The van der Waals surface area contributed by atoms with Gasteiger partial charge in [0, 0.05) is 18.8 Å². The normalized spacial score (nSPS) is 27.4. The molecule has 1 unspecified atom stereocenters. The molecule has 0 saturated carbocycles. The molecule has 2 fully saturated rings. The van der Waals surface area contributed by atoms with Crippen LogP contribution in [0.1, 0.15) is 19.8 Å². The molecule has 3 rings (SSSR count). The SMILES string of the molecule is CC1CNC2(CCN(c3ccccc3)CC2)SC1. The second kappa shape index (κ2) is 5.14. The summed E-state index contributed by atoms with van der Waals surface area (Å²) in [5.41, 5.74) is 1.38. The Kier molecular flexibility index (Phi) is 3.53. The van der Waals surface area contributed by atoms with Crippen molar-refractivity contribution in [1.29, 1.82) is 0 Å². The molecule has 2 saturated heterocycles. The summed E-state index contributed by atoms with van der Waals surface area (Å²) in [4.78, 5) is 2.89. The monoisotopic (exact) mass is 262 g/mol. The summed E-state index contributed by atoms with van der Waals surface area (Å²) in [6, 6.07) is 10.8. The quantitative estimate of drug-likeness (QED) is 0.837. The van der Waals surface area contributed by atoms with Crippen LogP contribution in [0.4, 0.5) is 5.69 Å². The van der Waals surface area contributed by atoms with Gasteiger partial charge in [-0.2, -0.15) is 0 Å². The molecule has 98 valence electrons. The lowest BCUT2D eigenvalue weighted by atomic mass is 10.0. The molecule has 1 aromatic rings. The van der Waals surface area contributed by atoms with Gasteiger partial charge in [0.25, 0.3) is 0 Å². The summed E-state index contributed by atoms with van der Waals surface area (Å²) in [7, 11) is 0. The number of para-hydroxylation sites is 1. The fourth-order valence-electron chi connectivity index (χ4n) is 2.86. The van der Waals surface area contributed by atoms with Gasteiger partial charge in [0.05, 0.1) is 4.87 Å². The molecule has 0 bridgehead atoms. The number of thioether (sulfide) groups is 1. The van der Waals surface area contributed by atoms with E-state index in [1.807, 2.05) is 0 Å². The first-order valence-electron chi connectivity index (χ1n) is 6.96. The standard InChI is InChI=1S/C15H22N2S/c1-13-11-16-15(18-12-13)7-9-17(10-8-15)14-5-3-2-4-6-14/h2-6,13,16H,7-12H2,1H3. The van der Waals surface area contributed by atoms with Gasteiger partial charge in [-0.3, -0.25) is 0 Å². The van der Waals surface area contributed by atoms with Crippen molar-refractivity contribution in [2.75, 3.05) is 30.3 Å². The van der Waals surface area contributed by atoms with Crippen LogP contribution in [0.15, 0.2) is 30.3 Å². The molecular formula is C15H22N2S. The third-order valence-electron chi connectivity index (χ3n) is 4.11. The summed E-state index contributed by atoms with van der Waals surface area (Å²) in [6.07, 6.45) is 2.53. The molecular weight excluding hydrogens is 240 g/mol. The Balaban J connectivity index is 1.61. The Labute approximate surface area is 114 Å². The number of rotatable bonds is 1. The molecule has 2 heterocycles. The summed E-state index contributed by atoms with van der Waals surface area (Å²) >= 11 is 2.15. The molecule has 0 aliphatic carbocycles. The maximum absolute atomic E-state index is 3.79. The van der Waals surface area contributed by atoms with Crippen molar-refractivity contribution in [3.8, 4) is 0 Å². The molecule has 0 amide bonds. The first-order chi connectivity index (χ1) is 8.77. The van der Waals surface area contributed by atoms with E-state index in [0.29, 0.717) is 4.87 Å². The van der Waals surface area contributed by atoms with E-state index in [-0.39, 0.29) is 0 Å². The Hall–Kier alpha value is -0.670.